The van der Waals surface area contributed by atoms with Gasteiger partial charge in [0.1, 0.15) is 5.69 Å². The Morgan fingerprint density at radius 3 is 2.54 bits per heavy atom. The molecule has 3 fully saturated rings. The molecule has 188 valence electrons. The van der Waals surface area contributed by atoms with Gasteiger partial charge < -0.3 is 20.7 Å². The quantitative estimate of drug-likeness (QED) is 0.530. The zero-order chi connectivity index (χ0) is 24.5. The summed E-state index contributed by atoms with van der Waals surface area (Å²) in [4.78, 5) is 24.3. The minimum absolute atomic E-state index is 0.121. The van der Waals surface area contributed by atoms with E-state index in [1.54, 1.807) is 12.3 Å². The number of anilines is 3. The van der Waals surface area contributed by atoms with Gasteiger partial charge >= 0.3 is 0 Å². The lowest BCUT2D eigenvalue weighted by atomic mass is 9.69. The van der Waals surface area contributed by atoms with Crippen LogP contribution in [0.15, 0.2) is 36.5 Å². The fourth-order valence-corrected chi connectivity index (χ4v) is 6.18. The predicted molar refractivity (Wildman–Crippen MR) is 138 cm³/mol. The molecule has 2 aromatic rings. The van der Waals surface area contributed by atoms with Crippen molar-refractivity contribution in [2.45, 2.75) is 46.1 Å². The number of benzene rings is 1. The summed E-state index contributed by atoms with van der Waals surface area (Å²) < 4.78 is 5.40. The number of nitrogens with zero attached hydrogens (tertiary/aromatic N) is 3. The lowest BCUT2D eigenvalue weighted by molar-refractivity contribution is 0.0398. The van der Waals surface area contributed by atoms with E-state index in [4.69, 9.17) is 4.74 Å². The van der Waals surface area contributed by atoms with Crippen LogP contribution in [-0.2, 0) is 4.74 Å². The second kappa shape index (κ2) is 9.74. The van der Waals surface area contributed by atoms with Crippen molar-refractivity contribution in [3.63, 3.8) is 0 Å². The number of ether oxygens (including phenoxy) is 1. The number of hydrogen-bond acceptors (Lipinski definition) is 7. The molecule has 1 aromatic heterocycles. The molecule has 3 atom stereocenters. The van der Waals surface area contributed by atoms with Crippen molar-refractivity contribution in [3.05, 3.63) is 42.2 Å². The molecule has 5 rings (SSSR count). The van der Waals surface area contributed by atoms with Crippen molar-refractivity contribution in [2.24, 2.45) is 16.7 Å². The number of morpholine rings is 1. The van der Waals surface area contributed by atoms with E-state index in [1.807, 2.05) is 24.3 Å². The van der Waals surface area contributed by atoms with Crippen LogP contribution in [0.2, 0.25) is 0 Å². The molecule has 2 bridgehead atoms. The highest BCUT2D eigenvalue weighted by molar-refractivity contribution is 5.92. The zero-order valence-electron chi connectivity index (χ0n) is 21.1. The normalized spacial score (nSPS) is 27.5. The van der Waals surface area contributed by atoms with E-state index < -0.39 is 0 Å². The summed E-state index contributed by atoms with van der Waals surface area (Å²) in [6.07, 6.45) is 5.13. The number of hydrogen-bond donors (Lipinski definition) is 3. The zero-order valence-corrected chi connectivity index (χ0v) is 21.1. The van der Waals surface area contributed by atoms with E-state index in [2.05, 4.69) is 51.6 Å². The summed E-state index contributed by atoms with van der Waals surface area (Å²) in [5.41, 5.74) is 2.74. The first kappa shape index (κ1) is 24.0. The highest BCUT2D eigenvalue weighted by Crippen LogP contribution is 2.65. The Kier molecular flexibility index (Phi) is 6.68. The molecule has 3 unspecified atom stereocenters. The van der Waals surface area contributed by atoms with Gasteiger partial charge in [0, 0.05) is 49.8 Å². The maximum Gasteiger partial charge on any atom is 0.270 e. The molecule has 1 amide bonds. The van der Waals surface area contributed by atoms with E-state index in [1.165, 1.54) is 12.8 Å². The molecule has 0 spiro atoms. The highest BCUT2D eigenvalue weighted by Gasteiger charge is 2.61. The fraction of sp³-hybridized carbons (Fsp3) is 0.593. The third-order valence-electron chi connectivity index (χ3n) is 8.99. The first-order chi connectivity index (χ1) is 16.8. The molecule has 8 nitrogen and oxygen atoms in total. The topological polar surface area (TPSA) is 91.4 Å². The Morgan fingerprint density at radius 1 is 1.11 bits per heavy atom. The molecule has 1 saturated heterocycles. The minimum Gasteiger partial charge on any atom is -0.384 e. The molecule has 8 heteroatoms. The Hall–Kier alpha value is -2.71. The summed E-state index contributed by atoms with van der Waals surface area (Å²) in [6, 6.07) is 9.93. The lowest BCUT2D eigenvalue weighted by Gasteiger charge is -2.39. The number of carbonyl (C=O) groups is 1. The third-order valence-corrected chi connectivity index (χ3v) is 8.99. The van der Waals surface area contributed by atoms with Crippen molar-refractivity contribution < 1.29 is 9.53 Å². The monoisotopic (exact) mass is 478 g/mol. The minimum atomic E-state index is -0.121. The van der Waals surface area contributed by atoms with Gasteiger partial charge in [-0.2, -0.15) is 0 Å². The molecule has 3 aliphatic rings. The van der Waals surface area contributed by atoms with Crippen molar-refractivity contribution in [2.75, 3.05) is 50.0 Å². The first-order valence-corrected chi connectivity index (χ1v) is 12.9. The molecule has 1 aliphatic heterocycles. The van der Waals surface area contributed by atoms with Gasteiger partial charge in [-0.1, -0.05) is 20.8 Å². The van der Waals surface area contributed by atoms with Crippen LogP contribution in [0.4, 0.5) is 17.3 Å². The summed E-state index contributed by atoms with van der Waals surface area (Å²) in [5, 5.41) is 9.98. The average Bonchev–Trinajstić information content (AvgIpc) is 3.20. The fourth-order valence-electron chi connectivity index (χ4n) is 6.18. The molecular formula is C27H38N6O2. The molecule has 2 saturated carbocycles. The smallest absolute Gasteiger partial charge is 0.270 e. The first-order valence-electron chi connectivity index (χ1n) is 12.9. The number of nitrogens with one attached hydrogen (secondary N) is 3. The predicted octanol–water partition coefficient (Wildman–Crippen LogP) is 3.91. The van der Waals surface area contributed by atoms with E-state index in [-0.39, 0.29) is 22.8 Å². The lowest BCUT2D eigenvalue weighted by Crippen LogP contribution is -2.47. The molecule has 1 aromatic carbocycles. The Labute approximate surface area is 208 Å². The SMILES string of the molecule is CC1(C)C2CCC1(C)C(NC(=O)c1ccnc(Nc3ccc(NCCN4CCOCC4)cc3)n1)C2. The third kappa shape index (κ3) is 4.86. The second-order valence-electron chi connectivity index (χ2n) is 11.0. The standard InChI is InChI=1S/C27H38N6O2/c1-26(2)19-8-10-27(26,3)23(18-19)32-24(34)22-9-11-29-25(31-22)30-21-6-4-20(5-7-21)28-12-13-33-14-16-35-17-15-33/h4-7,9,11,19,23,28H,8,10,12-18H2,1-3H3,(H,32,34)(H,29,30,31). The molecular weight excluding hydrogens is 440 g/mol. The number of carbonyl (C=O) groups excluding carboxylic acids is 1. The van der Waals surface area contributed by atoms with Gasteiger partial charge in [-0.05, 0) is 66.3 Å². The van der Waals surface area contributed by atoms with Gasteiger partial charge in [0.15, 0.2) is 0 Å². The Morgan fingerprint density at radius 2 is 1.86 bits per heavy atom. The number of fused-ring (bicyclic) bond motifs is 2. The maximum atomic E-state index is 13.0. The van der Waals surface area contributed by atoms with Crippen LogP contribution >= 0.6 is 0 Å². The van der Waals surface area contributed by atoms with Crippen LogP contribution in [0, 0.1) is 16.7 Å². The Balaban J connectivity index is 1.15. The van der Waals surface area contributed by atoms with Crippen molar-refractivity contribution in [1.29, 1.82) is 0 Å². The molecule has 3 N–H and O–H groups in total. The number of amides is 1. The summed E-state index contributed by atoms with van der Waals surface area (Å²) in [6.45, 7) is 12.6. The Bertz CT molecular complexity index is 1040. The second-order valence-corrected chi connectivity index (χ2v) is 11.0. The maximum absolute atomic E-state index is 13.0. The van der Waals surface area contributed by atoms with Gasteiger partial charge in [-0.25, -0.2) is 9.97 Å². The van der Waals surface area contributed by atoms with E-state index in [0.29, 0.717) is 17.6 Å². The van der Waals surface area contributed by atoms with Crippen LogP contribution in [0.1, 0.15) is 50.5 Å². The number of rotatable bonds is 8. The van der Waals surface area contributed by atoms with Crippen LogP contribution in [0.3, 0.4) is 0 Å². The molecule has 0 radical (unpaired) electrons. The van der Waals surface area contributed by atoms with E-state index >= 15 is 0 Å². The van der Waals surface area contributed by atoms with Gasteiger partial charge in [0.25, 0.3) is 5.91 Å². The van der Waals surface area contributed by atoms with Crippen molar-refractivity contribution in [3.8, 4) is 0 Å². The summed E-state index contributed by atoms with van der Waals surface area (Å²) in [5.74, 6) is 0.979. The largest absolute Gasteiger partial charge is 0.384 e. The van der Waals surface area contributed by atoms with Gasteiger partial charge in [0.2, 0.25) is 5.95 Å². The van der Waals surface area contributed by atoms with Crippen molar-refractivity contribution >= 4 is 23.2 Å². The highest BCUT2D eigenvalue weighted by atomic mass is 16.5. The number of aromatic nitrogens is 2. The van der Waals surface area contributed by atoms with Crippen LogP contribution in [-0.4, -0.2) is 66.2 Å². The van der Waals surface area contributed by atoms with Gasteiger partial charge in [-0.15, -0.1) is 0 Å². The summed E-state index contributed by atoms with van der Waals surface area (Å²) in [7, 11) is 0. The van der Waals surface area contributed by atoms with Crippen LogP contribution in [0.5, 0.6) is 0 Å². The molecule has 2 aliphatic carbocycles. The molecule has 2 heterocycles. The van der Waals surface area contributed by atoms with Crippen LogP contribution in [0.25, 0.3) is 0 Å². The van der Waals surface area contributed by atoms with Gasteiger partial charge in [-0.3, -0.25) is 9.69 Å². The van der Waals surface area contributed by atoms with E-state index in [0.717, 1.165) is 57.2 Å². The van der Waals surface area contributed by atoms with E-state index in [9.17, 15) is 4.79 Å². The van der Waals surface area contributed by atoms with Crippen LogP contribution < -0.4 is 16.0 Å². The van der Waals surface area contributed by atoms with Gasteiger partial charge in [0.05, 0.1) is 13.2 Å². The average molecular weight is 479 g/mol. The van der Waals surface area contributed by atoms with Crippen molar-refractivity contribution in [1.82, 2.24) is 20.2 Å². The molecule has 35 heavy (non-hydrogen) atoms. The summed E-state index contributed by atoms with van der Waals surface area (Å²) >= 11 is 0.